The first-order chi connectivity index (χ1) is 14.4. The van der Waals surface area contributed by atoms with Gasteiger partial charge in [-0.05, 0) is 36.8 Å². The van der Waals surface area contributed by atoms with Gasteiger partial charge in [-0.1, -0.05) is 42.4 Å². The van der Waals surface area contributed by atoms with Crippen LogP contribution in [0.5, 0.6) is 0 Å². The van der Waals surface area contributed by atoms with Gasteiger partial charge in [0, 0.05) is 41.5 Å². The number of benzene rings is 2. The van der Waals surface area contributed by atoms with E-state index in [0.29, 0.717) is 23.6 Å². The summed E-state index contributed by atoms with van der Waals surface area (Å²) >= 11 is 5.95. The Morgan fingerprint density at radius 3 is 2.67 bits per heavy atom. The van der Waals surface area contributed by atoms with Gasteiger partial charge in [0.2, 0.25) is 5.91 Å². The molecule has 1 heterocycles. The fourth-order valence-corrected chi connectivity index (χ4v) is 3.69. The summed E-state index contributed by atoms with van der Waals surface area (Å²) in [6, 6.07) is 17.9. The number of nitrogens with one attached hydrogen (secondary N) is 1. The summed E-state index contributed by atoms with van der Waals surface area (Å²) in [7, 11) is 1.56. The minimum atomic E-state index is -0.550. The molecule has 1 aliphatic rings. The highest BCUT2D eigenvalue weighted by Crippen LogP contribution is 2.29. The lowest BCUT2D eigenvalue weighted by Crippen LogP contribution is -2.43. The molecular weight excluding hydrogens is 400 g/mol. The predicted octanol–water partition coefficient (Wildman–Crippen LogP) is 3.78. The molecule has 0 aromatic heterocycles. The molecule has 1 fully saturated rings. The fraction of sp³-hybridized carbons (Fsp3) is 0.261. The van der Waals surface area contributed by atoms with Gasteiger partial charge in [-0.15, -0.1) is 0 Å². The highest BCUT2D eigenvalue weighted by Gasteiger charge is 2.37. The van der Waals surface area contributed by atoms with Gasteiger partial charge in [-0.2, -0.15) is 5.26 Å². The number of likely N-dealkylation sites (tertiary alicyclic amines) is 1. The third-order valence-corrected chi connectivity index (χ3v) is 5.37. The van der Waals surface area contributed by atoms with Crippen LogP contribution in [-0.4, -0.2) is 47.8 Å². The van der Waals surface area contributed by atoms with Crippen molar-refractivity contribution in [1.82, 2.24) is 9.80 Å². The van der Waals surface area contributed by atoms with Crippen LogP contribution in [0.3, 0.4) is 0 Å². The van der Waals surface area contributed by atoms with Crippen LogP contribution in [0.15, 0.2) is 66.9 Å². The molecule has 0 radical (unpaired) electrons. The first kappa shape index (κ1) is 21.4. The van der Waals surface area contributed by atoms with E-state index in [2.05, 4.69) is 18.0 Å². The average molecular weight is 423 g/mol. The largest absolute Gasteiger partial charge is 0.359 e. The molecule has 3 rings (SSSR count). The van der Waals surface area contributed by atoms with Crippen molar-refractivity contribution in [3.8, 4) is 6.07 Å². The number of nitrogens with zero attached hydrogens (tertiary/aromatic N) is 3. The molecule has 7 heteroatoms. The zero-order chi connectivity index (χ0) is 21.7. The maximum atomic E-state index is 12.9. The van der Waals surface area contributed by atoms with Crippen LogP contribution in [0.25, 0.3) is 0 Å². The van der Waals surface area contributed by atoms with Crippen LogP contribution in [-0.2, 0) is 4.79 Å². The van der Waals surface area contributed by atoms with E-state index in [4.69, 9.17) is 11.6 Å². The van der Waals surface area contributed by atoms with Gasteiger partial charge < -0.3 is 15.1 Å². The summed E-state index contributed by atoms with van der Waals surface area (Å²) in [6.45, 7) is 4.36. The summed E-state index contributed by atoms with van der Waals surface area (Å²) in [5, 5.41) is 13.2. The van der Waals surface area contributed by atoms with Crippen LogP contribution >= 0.6 is 11.6 Å². The van der Waals surface area contributed by atoms with Crippen molar-refractivity contribution in [1.29, 1.82) is 5.26 Å². The van der Waals surface area contributed by atoms with Gasteiger partial charge in [-0.3, -0.25) is 9.59 Å². The Bertz CT molecular complexity index is 986. The molecule has 0 spiro atoms. The number of hydrogen-bond donors (Lipinski definition) is 1. The fourth-order valence-electron chi connectivity index (χ4n) is 3.50. The number of carbonyl (C=O) groups is 2. The number of anilines is 1. The lowest BCUT2D eigenvalue weighted by Gasteiger charge is -2.24. The highest BCUT2D eigenvalue weighted by atomic mass is 35.5. The van der Waals surface area contributed by atoms with Crippen LogP contribution in [0.4, 0.5) is 5.69 Å². The van der Waals surface area contributed by atoms with Crippen LogP contribution < -0.4 is 5.32 Å². The number of amides is 2. The summed E-state index contributed by atoms with van der Waals surface area (Å²) in [6.07, 6.45) is 0.507. The Hall–Kier alpha value is -3.30. The molecule has 30 heavy (non-hydrogen) atoms. The zero-order valence-corrected chi connectivity index (χ0v) is 17.5. The average Bonchev–Trinajstić information content (AvgIpc) is 3.19. The highest BCUT2D eigenvalue weighted by molar-refractivity contribution is 6.30. The normalized spacial score (nSPS) is 17.8. The van der Waals surface area contributed by atoms with Crippen molar-refractivity contribution in [2.75, 3.05) is 25.5 Å². The smallest absolute Gasteiger partial charge is 0.254 e. The molecule has 154 valence electrons. The lowest BCUT2D eigenvalue weighted by atomic mass is 10.0. The SMILES string of the molecule is C=C(Nc1ccccc1)C1CC(C#N)N(C(=O)CN(C)C(=O)c2cccc(Cl)c2)C1. The molecule has 1 saturated heterocycles. The molecule has 6 nitrogen and oxygen atoms in total. The van der Waals surface area contributed by atoms with Crippen molar-refractivity contribution in [2.45, 2.75) is 12.5 Å². The molecule has 2 aromatic carbocycles. The predicted molar refractivity (Wildman–Crippen MR) is 117 cm³/mol. The van der Waals surface area contributed by atoms with Crippen molar-refractivity contribution in [3.63, 3.8) is 0 Å². The number of likely N-dealkylation sites (N-methyl/N-ethyl adjacent to an activating group) is 1. The van der Waals surface area contributed by atoms with Crippen molar-refractivity contribution in [3.05, 3.63) is 77.5 Å². The number of para-hydroxylation sites is 1. The monoisotopic (exact) mass is 422 g/mol. The topological polar surface area (TPSA) is 76.4 Å². The quantitative estimate of drug-likeness (QED) is 0.768. The third-order valence-electron chi connectivity index (χ3n) is 5.13. The summed E-state index contributed by atoms with van der Waals surface area (Å²) in [4.78, 5) is 28.3. The van der Waals surface area contributed by atoms with Crippen LogP contribution in [0, 0.1) is 17.2 Å². The van der Waals surface area contributed by atoms with Crippen LogP contribution in [0.1, 0.15) is 16.8 Å². The zero-order valence-electron chi connectivity index (χ0n) is 16.7. The first-order valence-corrected chi connectivity index (χ1v) is 9.98. The maximum absolute atomic E-state index is 12.9. The van der Waals surface area contributed by atoms with E-state index in [0.717, 1.165) is 11.4 Å². The Labute approximate surface area is 181 Å². The molecular formula is C23H23ClN4O2. The van der Waals surface area contributed by atoms with Gasteiger partial charge in [0.05, 0.1) is 12.6 Å². The second-order valence-electron chi connectivity index (χ2n) is 7.31. The van der Waals surface area contributed by atoms with Crippen molar-refractivity contribution in [2.24, 2.45) is 5.92 Å². The second-order valence-corrected chi connectivity index (χ2v) is 7.75. The van der Waals surface area contributed by atoms with E-state index in [1.807, 2.05) is 30.3 Å². The molecule has 1 aliphatic heterocycles. The van der Waals surface area contributed by atoms with Gasteiger partial charge in [-0.25, -0.2) is 0 Å². The Morgan fingerprint density at radius 2 is 2.00 bits per heavy atom. The summed E-state index contributed by atoms with van der Waals surface area (Å²) < 4.78 is 0. The Morgan fingerprint density at radius 1 is 1.27 bits per heavy atom. The van der Waals surface area contributed by atoms with Gasteiger partial charge in [0.1, 0.15) is 6.04 Å². The number of halogens is 1. The molecule has 0 bridgehead atoms. The summed E-state index contributed by atoms with van der Waals surface area (Å²) in [5.74, 6) is -0.618. The Balaban J connectivity index is 1.62. The van der Waals surface area contributed by atoms with E-state index >= 15 is 0 Å². The van der Waals surface area contributed by atoms with E-state index < -0.39 is 6.04 Å². The second kappa shape index (κ2) is 9.47. The summed E-state index contributed by atoms with van der Waals surface area (Å²) in [5.41, 5.74) is 2.09. The van der Waals surface area contributed by atoms with Crippen LogP contribution in [0.2, 0.25) is 5.02 Å². The van der Waals surface area contributed by atoms with Crippen molar-refractivity contribution >= 4 is 29.1 Å². The molecule has 0 saturated carbocycles. The molecule has 2 unspecified atom stereocenters. The molecule has 2 aromatic rings. The molecule has 0 aliphatic carbocycles. The van der Waals surface area contributed by atoms with E-state index in [-0.39, 0.29) is 24.3 Å². The number of rotatable bonds is 6. The third kappa shape index (κ3) is 5.00. The van der Waals surface area contributed by atoms with Gasteiger partial charge in [0.25, 0.3) is 5.91 Å². The molecule has 2 amide bonds. The van der Waals surface area contributed by atoms with Gasteiger partial charge in [0.15, 0.2) is 0 Å². The Kier molecular flexibility index (Phi) is 6.76. The molecule has 1 N–H and O–H groups in total. The van der Waals surface area contributed by atoms with E-state index in [1.165, 1.54) is 9.80 Å². The minimum Gasteiger partial charge on any atom is -0.359 e. The number of hydrogen-bond acceptors (Lipinski definition) is 4. The number of nitriles is 1. The minimum absolute atomic E-state index is 0.0484. The van der Waals surface area contributed by atoms with Crippen molar-refractivity contribution < 1.29 is 9.59 Å². The lowest BCUT2D eigenvalue weighted by molar-refractivity contribution is -0.131. The van der Waals surface area contributed by atoms with E-state index in [1.54, 1.807) is 31.3 Å². The molecule has 2 atom stereocenters. The standard InChI is InChI=1S/C23H23ClN4O2/c1-16(26-20-9-4-3-5-10-20)18-12-21(13-25)28(14-18)22(29)15-27(2)23(30)17-7-6-8-19(24)11-17/h3-11,18,21,26H,1,12,14-15H2,2H3. The first-order valence-electron chi connectivity index (χ1n) is 9.60. The number of carbonyl (C=O) groups excluding carboxylic acids is 2. The van der Waals surface area contributed by atoms with Gasteiger partial charge >= 0.3 is 0 Å². The maximum Gasteiger partial charge on any atom is 0.254 e. The van der Waals surface area contributed by atoms with E-state index in [9.17, 15) is 14.9 Å².